The second kappa shape index (κ2) is 13.9. The zero-order valence-electron chi connectivity index (χ0n) is 18.9. The predicted molar refractivity (Wildman–Crippen MR) is 131 cm³/mol. The molecule has 1 atom stereocenters. The van der Waals surface area contributed by atoms with Crippen molar-refractivity contribution in [2.24, 2.45) is 0 Å². The molecule has 0 aliphatic carbocycles. The fourth-order valence-electron chi connectivity index (χ4n) is 3.41. The van der Waals surface area contributed by atoms with E-state index in [4.69, 9.17) is 33.0 Å². The third-order valence-electron chi connectivity index (χ3n) is 5.34. The topological polar surface area (TPSA) is 90.9 Å². The average molecular weight is 496 g/mol. The monoisotopic (exact) mass is 495 g/mol. The third kappa shape index (κ3) is 9.50. The Morgan fingerprint density at radius 1 is 1.06 bits per heavy atom. The van der Waals surface area contributed by atoms with E-state index in [1.165, 1.54) is 0 Å². The molecule has 3 N–H and O–H groups in total. The van der Waals surface area contributed by atoms with Crippen LogP contribution in [0.3, 0.4) is 0 Å². The molecule has 0 saturated carbocycles. The van der Waals surface area contributed by atoms with Gasteiger partial charge in [0.05, 0.1) is 7.11 Å². The lowest BCUT2D eigenvalue weighted by atomic mass is 10.1. The number of benzene rings is 2. The highest BCUT2D eigenvalue weighted by molar-refractivity contribution is 6.35. The summed E-state index contributed by atoms with van der Waals surface area (Å²) in [4.78, 5) is 25.3. The van der Waals surface area contributed by atoms with Gasteiger partial charge in [0, 0.05) is 42.1 Å². The maximum absolute atomic E-state index is 12.1. The van der Waals surface area contributed by atoms with Gasteiger partial charge < -0.3 is 20.5 Å². The van der Waals surface area contributed by atoms with Gasteiger partial charge in [0.15, 0.2) is 0 Å². The minimum atomic E-state index is -0.800. The Morgan fingerprint density at radius 3 is 2.39 bits per heavy atom. The lowest BCUT2D eigenvalue weighted by Gasteiger charge is -2.29. The number of halogens is 2. The maximum atomic E-state index is 12.1. The Hall–Kier alpha value is -2.48. The van der Waals surface area contributed by atoms with Gasteiger partial charge in [0.1, 0.15) is 5.75 Å². The first-order valence-corrected chi connectivity index (χ1v) is 11.6. The summed E-state index contributed by atoms with van der Waals surface area (Å²) in [6, 6.07) is 12.8. The molecule has 0 heterocycles. The molecule has 180 valence electrons. The molecule has 9 heteroatoms. The van der Waals surface area contributed by atoms with Gasteiger partial charge in [-0.05, 0) is 61.7 Å². The highest BCUT2D eigenvalue weighted by atomic mass is 35.5. The number of carbonyl (C=O) groups excluding carboxylic acids is 1. The van der Waals surface area contributed by atoms with Crippen LogP contribution in [0.15, 0.2) is 42.5 Å². The summed E-state index contributed by atoms with van der Waals surface area (Å²) in [5.74, 6) is -0.00958. The second-order valence-electron chi connectivity index (χ2n) is 7.68. The van der Waals surface area contributed by atoms with Crippen molar-refractivity contribution < 1.29 is 19.4 Å². The molecule has 0 unspecified atom stereocenters. The summed E-state index contributed by atoms with van der Waals surface area (Å²) < 4.78 is 5.22. The minimum Gasteiger partial charge on any atom is -0.497 e. The summed E-state index contributed by atoms with van der Waals surface area (Å²) in [5, 5.41) is 15.7. The van der Waals surface area contributed by atoms with E-state index in [9.17, 15) is 9.59 Å². The van der Waals surface area contributed by atoms with Crippen LogP contribution in [-0.2, 0) is 11.3 Å². The van der Waals surface area contributed by atoms with Gasteiger partial charge >= 0.3 is 12.0 Å². The van der Waals surface area contributed by atoms with Gasteiger partial charge in [-0.3, -0.25) is 9.69 Å². The number of aliphatic carboxylic acids is 1. The van der Waals surface area contributed by atoms with Crippen molar-refractivity contribution in [3.63, 3.8) is 0 Å². The van der Waals surface area contributed by atoms with E-state index >= 15 is 0 Å². The van der Waals surface area contributed by atoms with E-state index in [-0.39, 0.29) is 18.5 Å². The number of hydrogen-bond donors (Lipinski definition) is 3. The van der Waals surface area contributed by atoms with Gasteiger partial charge in [-0.2, -0.15) is 0 Å². The van der Waals surface area contributed by atoms with Crippen LogP contribution in [0.25, 0.3) is 0 Å². The lowest BCUT2D eigenvalue weighted by molar-refractivity contribution is -0.137. The fraction of sp³-hybridized carbons (Fsp3) is 0.417. The first kappa shape index (κ1) is 26.8. The first-order valence-electron chi connectivity index (χ1n) is 10.9. The van der Waals surface area contributed by atoms with E-state index in [1.54, 1.807) is 25.3 Å². The van der Waals surface area contributed by atoms with E-state index in [0.29, 0.717) is 36.1 Å². The summed E-state index contributed by atoms with van der Waals surface area (Å²) >= 11 is 12.0. The third-order valence-corrected chi connectivity index (χ3v) is 5.93. The highest BCUT2D eigenvalue weighted by Crippen LogP contribution is 2.23. The van der Waals surface area contributed by atoms with E-state index in [2.05, 4.69) is 22.5 Å². The van der Waals surface area contributed by atoms with Gasteiger partial charge in [0.2, 0.25) is 0 Å². The van der Waals surface area contributed by atoms with Crippen LogP contribution in [0.4, 0.5) is 4.79 Å². The summed E-state index contributed by atoms with van der Waals surface area (Å²) in [6.45, 7) is 4.26. The molecule has 33 heavy (non-hydrogen) atoms. The molecule has 0 aromatic heterocycles. The number of nitrogens with one attached hydrogen (secondary N) is 2. The van der Waals surface area contributed by atoms with Crippen molar-refractivity contribution in [1.82, 2.24) is 15.5 Å². The van der Waals surface area contributed by atoms with Crippen molar-refractivity contribution in [3.05, 3.63) is 63.6 Å². The molecule has 0 aliphatic heterocycles. The second-order valence-corrected chi connectivity index (χ2v) is 8.52. The van der Waals surface area contributed by atoms with Crippen molar-refractivity contribution >= 4 is 35.2 Å². The Kier molecular flexibility index (Phi) is 11.3. The lowest BCUT2D eigenvalue weighted by Crippen LogP contribution is -2.37. The Bertz CT molecular complexity index is 909. The van der Waals surface area contributed by atoms with Crippen molar-refractivity contribution in [3.8, 4) is 5.75 Å². The summed E-state index contributed by atoms with van der Waals surface area (Å²) in [5.41, 5.74) is 1.91. The predicted octanol–water partition coefficient (Wildman–Crippen LogP) is 5.12. The molecule has 2 aromatic carbocycles. The van der Waals surface area contributed by atoms with Gasteiger partial charge in [0.25, 0.3) is 0 Å². The molecule has 0 fully saturated rings. The van der Waals surface area contributed by atoms with Crippen LogP contribution in [0.5, 0.6) is 5.75 Å². The number of amides is 2. The normalized spacial score (nSPS) is 11.8. The molecule has 2 amide bonds. The van der Waals surface area contributed by atoms with Crippen molar-refractivity contribution in [2.45, 2.75) is 38.8 Å². The smallest absolute Gasteiger partial charge is 0.315 e. The number of carboxylic acid groups (broad SMARTS) is 1. The molecule has 0 bridgehead atoms. The Morgan fingerprint density at radius 2 is 1.76 bits per heavy atom. The van der Waals surface area contributed by atoms with Crippen molar-refractivity contribution in [1.29, 1.82) is 0 Å². The van der Waals surface area contributed by atoms with E-state index in [0.717, 1.165) is 29.8 Å². The zero-order valence-corrected chi connectivity index (χ0v) is 20.5. The van der Waals surface area contributed by atoms with Gasteiger partial charge in [-0.15, -0.1) is 0 Å². The Labute approximate surface area is 205 Å². The SMILES string of the molecule is COc1ccc([C@H](C)N(CCCNC(=O)NCc2ccc(Cl)cc2Cl)CCCC(=O)O)cc1. The van der Waals surface area contributed by atoms with Crippen molar-refractivity contribution in [2.75, 3.05) is 26.7 Å². The number of carbonyl (C=O) groups is 2. The summed E-state index contributed by atoms with van der Waals surface area (Å²) in [6.07, 6.45) is 1.41. The number of urea groups is 1. The number of nitrogens with zero attached hydrogens (tertiary/aromatic N) is 1. The minimum absolute atomic E-state index is 0.102. The van der Waals surface area contributed by atoms with E-state index in [1.807, 2.05) is 24.3 Å². The zero-order chi connectivity index (χ0) is 24.2. The first-order chi connectivity index (χ1) is 15.8. The van der Waals surface area contributed by atoms with Gasteiger partial charge in [-0.25, -0.2) is 4.79 Å². The van der Waals surface area contributed by atoms with Gasteiger partial charge in [-0.1, -0.05) is 41.4 Å². The van der Waals surface area contributed by atoms with Crippen LogP contribution < -0.4 is 15.4 Å². The van der Waals surface area contributed by atoms with E-state index < -0.39 is 5.97 Å². The van der Waals surface area contributed by atoms with Crippen LogP contribution in [0.2, 0.25) is 10.0 Å². The molecular formula is C24H31Cl2N3O4. The van der Waals surface area contributed by atoms with Crippen LogP contribution in [0.1, 0.15) is 43.4 Å². The molecule has 0 saturated heterocycles. The van der Waals surface area contributed by atoms with Crippen LogP contribution >= 0.6 is 23.2 Å². The summed E-state index contributed by atoms with van der Waals surface area (Å²) in [7, 11) is 1.63. The molecule has 0 aliphatic rings. The number of rotatable bonds is 13. The number of carboxylic acids is 1. The average Bonchev–Trinajstić information content (AvgIpc) is 2.79. The number of ether oxygens (including phenoxy) is 1. The number of hydrogen-bond acceptors (Lipinski definition) is 4. The molecular weight excluding hydrogens is 465 g/mol. The fourth-order valence-corrected chi connectivity index (χ4v) is 3.89. The maximum Gasteiger partial charge on any atom is 0.315 e. The van der Waals surface area contributed by atoms with Crippen LogP contribution in [0, 0.1) is 0 Å². The standard InChI is InChI=1S/C24H31Cl2N3O4/c1-17(18-7-10-21(33-2)11-8-18)29(13-3-5-23(30)31)14-4-12-27-24(32)28-16-19-6-9-20(25)15-22(19)26/h6-11,15,17H,3-5,12-14,16H2,1-2H3,(H,30,31)(H2,27,28,32)/t17-/m0/s1. The largest absolute Gasteiger partial charge is 0.497 e. The molecule has 2 rings (SSSR count). The molecule has 0 radical (unpaired) electrons. The molecule has 0 spiro atoms. The highest BCUT2D eigenvalue weighted by Gasteiger charge is 2.16. The van der Waals surface area contributed by atoms with Crippen LogP contribution in [-0.4, -0.2) is 48.8 Å². The Balaban J connectivity index is 1.82. The molecule has 2 aromatic rings. The quantitative estimate of drug-likeness (QED) is 0.335. The molecule has 7 nitrogen and oxygen atoms in total. The number of methoxy groups -OCH3 is 1.